The van der Waals surface area contributed by atoms with Gasteiger partial charge in [-0.2, -0.15) is 0 Å². The first-order chi connectivity index (χ1) is 19.9. The van der Waals surface area contributed by atoms with E-state index < -0.39 is 22.2 Å². The van der Waals surface area contributed by atoms with Gasteiger partial charge in [-0.1, -0.05) is 92.5 Å². The van der Waals surface area contributed by atoms with Crippen LogP contribution in [0.25, 0.3) is 0 Å². The van der Waals surface area contributed by atoms with Gasteiger partial charge in [0.25, 0.3) is 0 Å². The van der Waals surface area contributed by atoms with Gasteiger partial charge in [-0.3, -0.25) is 0 Å². The predicted octanol–water partition coefficient (Wildman–Crippen LogP) is 11.8. The van der Waals surface area contributed by atoms with Gasteiger partial charge in [-0.25, -0.2) is 0 Å². The molecule has 3 rings (SSSR count). The Morgan fingerprint density at radius 1 is 0.955 bits per heavy atom. The highest BCUT2D eigenvalue weighted by Crippen LogP contribution is 2.60. The van der Waals surface area contributed by atoms with Crippen molar-refractivity contribution in [2.45, 2.75) is 188 Å². The van der Waals surface area contributed by atoms with Crippen LogP contribution in [0.1, 0.15) is 133 Å². The van der Waals surface area contributed by atoms with Gasteiger partial charge >= 0.3 is 0 Å². The first-order valence-electron chi connectivity index (χ1n) is 18.0. The van der Waals surface area contributed by atoms with Gasteiger partial charge in [0, 0.05) is 6.42 Å². The molecule has 3 fully saturated rings. The van der Waals surface area contributed by atoms with Gasteiger partial charge in [0.15, 0.2) is 16.6 Å². The highest BCUT2D eigenvalue weighted by molar-refractivity contribution is 6.74. The minimum absolute atomic E-state index is 0.0290. The summed E-state index contributed by atoms with van der Waals surface area (Å²) in [5, 5.41) is 10.6. The highest BCUT2D eigenvalue weighted by Gasteiger charge is 2.50. The molecule has 0 spiro atoms. The molecule has 44 heavy (non-hydrogen) atoms. The fourth-order valence-corrected chi connectivity index (χ4v) is 10.7. The van der Waals surface area contributed by atoms with Crippen LogP contribution in [0, 0.1) is 23.2 Å². The SMILES string of the molecule is C=C1/C(=C\C=C2\CCC[C@]3(C)[C@@H]([C@H](C)CCCC(C)(C)O)CC[C@@H]23)C[C@@H](O[Si](C)(C)C(C)(C)C)C[C@@H]1O[Si](C)(C)C(C)(C)C. The zero-order chi connectivity index (χ0) is 33.5. The molecule has 1 N–H and O–H groups in total. The Labute approximate surface area is 276 Å². The standard InChI is InChI=1S/C39H72O3Si2/c1-28(18-16-24-38(9,10)40)33-22-23-34-30(19-17-25-39(33,34)11)20-21-31-26-32(41-43(12,13)36(3,4)5)27-35(29(31)2)42-44(14,15)37(6,7)8/h20-21,28,32-35,40H,2,16-19,22-27H2,1,3-15H3/b30-20-,31-21-/t28-,32-,33-,34+,35+,39-/m1/s1. The van der Waals surface area contributed by atoms with E-state index in [9.17, 15) is 5.11 Å². The Kier molecular flexibility index (Phi) is 11.7. The average Bonchev–Trinajstić information content (AvgIpc) is 3.20. The fourth-order valence-electron chi connectivity index (χ4n) is 8.04. The van der Waals surface area contributed by atoms with E-state index in [-0.39, 0.29) is 22.3 Å². The lowest BCUT2D eigenvalue weighted by Gasteiger charge is -2.46. The van der Waals surface area contributed by atoms with E-state index in [1.165, 1.54) is 49.7 Å². The van der Waals surface area contributed by atoms with E-state index in [2.05, 4.69) is 100 Å². The summed E-state index contributed by atoms with van der Waals surface area (Å²) in [5.41, 5.74) is 4.04. The second-order valence-corrected chi connectivity index (χ2v) is 28.6. The Bertz CT molecular complexity index is 1060. The van der Waals surface area contributed by atoms with E-state index in [0.29, 0.717) is 17.3 Å². The van der Waals surface area contributed by atoms with Crippen LogP contribution in [0.15, 0.2) is 35.5 Å². The van der Waals surface area contributed by atoms with Crippen LogP contribution in [-0.4, -0.2) is 39.6 Å². The average molecular weight is 645 g/mol. The second-order valence-electron chi connectivity index (χ2n) is 19.0. The minimum atomic E-state index is -1.97. The molecule has 3 saturated carbocycles. The Hall–Kier alpha value is -0.466. The van der Waals surface area contributed by atoms with Crippen molar-refractivity contribution in [1.29, 1.82) is 0 Å². The topological polar surface area (TPSA) is 38.7 Å². The van der Waals surface area contributed by atoms with Gasteiger partial charge in [0.1, 0.15) is 0 Å². The van der Waals surface area contributed by atoms with Gasteiger partial charge in [-0.05, 0) is 129 Å². The number of fused-ring (bicyclic) bond motifs is 1. The van der Waals surface area contributed by atoms with Crippen molar-refractivity contribution in [2.75, 3.05) is 0 Å². The van der Waals surface area contributed by atoms with Crippen molar-refractivity contribution in [3.63, 3.8) is 0 Å². The van der Waals surface area contributed by atoms with Gasteiger partial charge in [0.05, 0.1) is 17.8 Å². The molecule has 3 aliphatic rings. The number of rotatable bonds is 10. The predicted molar refractivity (Wildman–Crippen MR) is 196 cm³/mol. The quantitative estimate of drug-likeness (QED) is 0.240. The van der Waals surface area contributed by atoms with Crippen molar-refractivity contribution in [3.05, 3.63) is 35.5 Å². The summed E-state index contributed by atoms with van der Waals surface area (Å²) in [4.78, 5) is 0. The van der Waals surface area contributed by atoms with Gasteiger partial charge in [0.2, 0.25) is 0 Å². The molecule has 254 valence electrons. The number of hydrogen-bond donors (Lipinski definition) is 1. The zero-order valence-electron chi connectivity index (χ0n) is 31.6. The van der Waals surface area contributed by atoms with Gasteiger partial charge < -0.3 is 14.0 Å². The first-order valence-corrected chi connectivity index (χ1v) is 23.9. The summed E-state index contributed by atoms with van der Waals surface area (Å²) in [7, 11) is -3.89. The monoisotopic (exact) mass is 645 g/mol. The molecule has 0 saturated heterocycles. The maximum Gasteiger partial charge on any atom is 0.192 e. The van der Waals surface area contributed by atoms with Crippen LogP contribution >= 0.6 is 0 Å². The molecule has 0 unspecified atom stereocenters. The smallest absolute Gasteiger partial charge is 0.192 e. The first kappa shape index (κ1) is 38.0. The van der Waals surface area contributed by atoms with Crippen LogP contribution in [-0.2, 0) is 8.85 Å². The molecule has 3 nitrogen and oxygen atoms in total. The Balaban J connectivity index is 1.86. The molecule has 0 aromatic rings. The van der Waals surface area contributed by atoms with Crippen LogP contribution in [0.3, 0.4) is 0 Å². The minimum Gasteiger partial charge on any atom is -0.413 e. The molecule has 0 aliphatic heterocycles. The lowest BCUT2D eigenvalue weighted by Crippen LogP contribution is -2.49. The molecule has 0 bridgehead atoms. The van der Waals surface area contributed by atoms with Crippen molar-refractivity contribution in [1.82, 2.24) is 0 Å². The summed E-state index contributed by atoms with van der Waals surface area (Å²) < 4.78 is 14.2. The molecular formula is C39H72O3Si2. The van der Waals surface area contributed by atoms with Crippen molar-refractivity contribution in [3.8, 4) is 0 Å². The Morgan fingerprint density at radius 2 is 1.55 bits per heavy atom. The van der Waals surface area contributed by atoms with E-state index in [1.807, 2.05) is 13.8 Å². The third-order valence-electron chi connectivity index (χ3n) is 12.9. The maximum absolute atomic E-state index is 10.2. The number of aliphatic hydroxyl groups is 1. The van der Waals surface area contributed by atoms with Crippen molar-refractivity contribution >= 4 is 16.6 Å². The second kappa shape index (κ2) is 13.6. The molecule has 0 heterocycles. The summed E-state index contributed by atoms with van der Waals surface area (Å²) >= 11 is 0. The number of allylic oxidation sites excluding steroid dienone is 3. The van der Waals surface area contributed by atoms with E-state index in [0.717, 1.165) is 31.6 Å². The largest absolute Gasteiger partial charge is 0.413 e. The molecule has 0 aromatic carbocycles. The molecule has 6 atom stereocenters. The molecule has 0 amide bonds. The molecule has 0 radical (unpaired) electrons. The highest BCUT2D eigenvalue weighted by atomic mass is 28.4. The number of hydrogen-bond acceptors (Lipinski definition) is 3. The third kappa shape index (κ3) is 8.91. The summed E-state index contributed by atoms with van der Waals surface area (Å²) in [5.74, 6) is 2.18. The van der Waals surface area contributed by atoms with Crippen LogP contribution in [0.2, 0.25) is 36.3 Å². The summed E-state index contributed by atoms with van der Waals surface area (Å²) in [6.45, 7) is 37.2. The van der Waals surface area contributed by atoms with Crippen LogP contribution < -0.4 is 0 Å². The van der Waals surface area contributed by atoms with Crippen LogP contribution in [0.4, 0.5) is 0 Å². The lowest BCUT2D eigenvalue weighted by molar-refractivity contribution is 0.0596. The van der Waals surface area contributed by atoms with Crippen molar-refractivity contribution in [2.24, 2.45) is 23.2 Å². The summed E-state index contributed by atoms with van der Waals surface area (Å²) in [6, 6.07) is 0. The zero-order valence-corrected chi connectivity index (χ0v) is 33.6. The van der Waals surface area contributed by atoms with Gasteiger partial charge in [-0.15, -0.1) is 0 Å². The van der Waals surface area contributed by atoms with E-state index in [1.54, 1.807) is 5.57 Å². The van der Waals surface area contributed by atoms with E-state index >= 15 is 0 Å². The summed E-state index contributed by atoms with van der Waals surface area (Å²) in [6.07, 6.45) is 16.8. The molecular weight excluding hydrogens is 573 g/mol. The van der Waals surface area contributed by atoms with Crippen LogP contribution in [0.5, 0.6) is 0 Å². The van der Waals surface area contributed by atoms with Crippen molar-refractivity contribution < 1.29 is 14.0 Å². The molecule has 3 aliphatic carbocycles. The normalized spacial score (nSPS) is 31.9. The maximum atomic E-state index is 10.2. The van der Waals surface area contributed by atoms with E-state index in [4.69, 9.17) is 8.85 Å². The lowest BCUT2D eigenvalue weighted by atomic mass is 9.60. The molecule has 0 aromatic heterocycles. The fraction of sp³-hybridized carbons (Fsp3) is 0.846. The Morgan fingerprint density at radius 3 is 2.11 bits per heavy atom. The molecule has 5 heteroatoms. The third-order valence-corrected chi connectivity index (χ3v) is 21.9.